The largest absolute Gasteiger partial charge is 0.473 e. The van der Waals surface area contributed by atoms with E-state index in [0.717, 1.165) is 23.9 Å². The van der Waals surface area contributed by atoms with Crippen LogP contribution in [0.2, 0.25) is 0 Å². The SMILES string of the molecule is O=C(c1cnc2ccccc2n1)N1CCC(Oc2cccnn2)CC1. The van der Waals surface area contributed by atoms with Crippen molar-refractivity contribution < 1.29 is 9.53 Å². The molecule has 0 radical (unpaired) electrons. The summed E-state index contributed by atoms with van der Waals surface area (Å²) in [6.07, 6.45) is 4.71. The summed E-state index contributed by atoms with van der Waals surface area (Å²) < 4.78 is 5.81. The summed E-state index contributed by atoms with van der Waals surface area (Å²) in [5.74, 6) is 0.434. The van der Waals surface area contributed by atoms with Gasteiger partial charge in [-0.05, 0) is 18.2 Å². The van der Waals surface area contributed by atoms with Crippen LogP contribution >= 0.6 is 0 Å². The Balaban J connectivity index is 1.40. The summed E-state index contributed by atoms with van der Waals surface area (Å²) in [4.78, 5) is 23.2. The highest BCUT2D eigenvalue weighted by Crippen LogP contribution is 2.18. The van der Waals surface area contributed by atoms with Gasteiger partial charge in [0, 0.05) is 38.2 Å². The Bertz CT molecular complexity index is 879. The van der Waals surface area contributed by atoms with Crippen LogP contribution in [0.15, 0.2) is 48.8 Å². The highest BCUT2D eigenvalue weighted by molar-refractivity contribution is 5.93. The summed E-state index contributed by atoms with van der Waals surface area (Å²) in [5.41, 5.74) is 1.90. The Morgan fingerprint density at radius 2 is 1.88 bits per heavy atom. The van der Waals surface area contributed by atoms with Gasteiger partial charge in [-0.1, -0.05) is 12.1 Å². The molecule has 1 amide bonds. The molecule has 0 atom stereocenters. The minimum Gasteiger partial charge on any atom is -0.473 e. The van der Waals surface area contributed by atoms with E-state index in [1.165, 1.54) is 0 Å². The summed E-state index contributed by atoms with van der Waals surface area (Å²) in [6, 6.07) is 11.1. The van der Waals surface area contributed by atoms with Crippen molar-refractivity contribution >= 4 is 16.9 Å². The van der Waals surface area contributed by atoms with Crippen LogP contribution < -0.4 is 4.74 Å². The van der Waals surface area contributed by atoms with Gasteiger partial charge < -0.3 is 9.64 Å². The Morgan fingerprint density at radius 1 is 1.08 bits per heavy atom. The number of hydrogen-bond donors (Lipinski definition) is 0. The van der Waals surface area contributed by atoms with Crippen LogP contribution in [-0.2, 0) is 0 Å². The molecule has 1 aliphatic rings. The maximum atomic E-state index is 12.7. The van der Waals surface area contributed by atoms with E-state index in [1.807, 2.05) is 24.3 Å². The van der Waals surface area contributed by atoms with Crippen molar-refractivity contribution in [2.24, 2.45) is 0 Å². The van der Waals surface area contributed by atoms with Crippen molar-refractivity contribution in [2.45, 2.75) is 18.9 Å². The minimum atomic E-state index is -0.0868. The first-order valence-electron chi connectivity index (χ1n) is 8.25. The highest BCUT2D eigenvalue weighted by Gasteiger charge is 2.26. The third-order valence-corrected chi connectivity index (χ3v) is 4.23. The molecule has 3 aromatic rings. The lowest BCUT2D eigenvalue weighted by Gasteiger charge is -2.31. The first-order valence-corrected chi connectivity index (χ1v) is 8.25. The van der Waals surface area contributed by atoms with E-state index in [9.17, 15) is 4.79 Å². The molecule has 1 aliphatic heterocycles. The van der Waals surface area contributed by atoms with Gasteiger partial charge in [0.2, 0.25) is 5.88 Å². The van der Waals surface area contributed by atoms with E-state index < -0.39 is 0 Å². The summed E-state index contributed by atoms with van der Waals surface area (Å²) in [6.45, 7) is 1.25. The predicted octanol–water partition coefficient (Wildman–Crippen LogP) is 2.10. The lowest BCUT2D eigenvalue weighted by atomic mass is 10.1. The molecule has 3 heterocycles. The molecule has 1 saturated heterocycles. The average Bonchev–Trinajstić information content (AvgIpc) is 2.68. The second kappa shape index (κ2) is 6.80. The zero-order valence-electron chi connectivity index (χ0n) is 13.6. The van der Waals surface area contributed by atoms with Gasteiger partial charge in [0.05, 0.1) is 17.2 Å². The van der Waals surface area contributed by atoms with E-state index in [-0.39, 0.29) is 12.0 Å². The molecule has 2 aromatic heterocycles. The third kappa shape index (κ3) is 3.40. The number of nitrogens with zero attached hydrogens (tertiary/aromatic N) is 5. The van der Waals surface area contributed by atoms with Crippen LogP contribution in [0.5, 0.6) is 5.88 Å². The van der Waals surface area contributed by atoms with Gasteiger partial charge in [-0.25, -0.2) is 4.98 Å². The molecule has 126 valence electrons. The molecule has 0 bridgehead atoms. The van der Waals surface area contributed by atoms with Crippen LogP contribution in [0.25, 0.3) is 11.0 Å². The number of rotatable bonds is 3. The van der Waals surface area contributed by atoms with E-state index in [4.69, 9.17) is 4.74 Å². The predicted molar refractivity (Wildman–Crippen MR) is 91.1 cm³/mol. The second-order valence-electron chi connectivity index (χ2n) is 5.92. The van der Waals surface area contributed by atoms with Gasteiger partial charge in [0.1, 0.15) is 11.8 Å². The van der Waals surface area contributed by atoms with Gasteiger partial charge >= 0.3 is 0 Å². The number of amides is 1. The highest BCUT2D eigenvalue weighted by atomic mass is 16.5. The normalized spacial score (nSPS) is 15.3. The number of aromatic nitrogens is 4. The number of carbonyl (C=O) groups is 1. The Kier molecular flexibility index (Phi) is 4.20. The summed E-state index contributed by atoms with van der Waals surface area (Å²) >= 11 is 0. The second-order valence-corrected chi connectivity index (χ2v) is 5.92. The zero-order valence-corrected chi connectivity index (χ0v) is 13.6. The molecule has 0 spiro atoms. The van der Waals surface area contributed by atoms with Gasteiger partial charge in [-0.2, -0.15) is 5.10 Å². The van der Waals surface area contributed by atoms with Gasteiger partial charge in [-0.3, -0.25) is 9.78 Å². The topological polar surface area (TPSA) is 81.1 Å². The molecule has 7 heteroatoms. The van der Waals surface area contributed by atoms with Crippen molar-refractivity contribution in [1.29, 1.82) is 0 Å². The molecule has 0 unspecified atom stereocenters. The maximum Gasteiger partial charge on any atom is 0.274 e. The van der Waals surface area contributed by atoms with Crippen LogP contribution in [0.4, 0.5) is 0 Å². The Labute approximate surface area is 144 Å². The van der Waals surface area contributed by atoms with Crippen molar-refractivity contribution in [3.05, 3.63) is 54.5 Å². The summed E-state index contributed by atoms with van der Waals surface area (Å²) in [7, 11) is 0. The molecular formula is C18H17N5O2. The number of benzene rings is 1. The number of carbonyl (C=O) groups excluding carboxylic acids is 1. The molecule has 0 aliphatic carbocycles. The van der Waals surface area contributed by atoms with Crippen molar-refractivity contribution in [3.63, 3.8) is 0 Å². The van der Waals surface area contributed by atoms with Crippen LogP contribution in [-0.4, -0.2) is 50.2 Å². The van der Waals surface area contributed by atoms with E-state index >= 15 is 0 Å². The van der Waals surface area contributed by atoms with E-state index in [2.05, 4.69) is 20.2 Å². The fraction of sp³-hybridized carbons (Fsp3) is 0.278. The number of fused-ring (bicyclic) bond motifs is 1. The monoisotopic (exact) mass is 335 g/mol. The Hall–Kier alpha value is -3.09. The standard InChI is InChI=1S/C18H17N5O2/c24-18(16-12-19-14-4-1-2-5-15(14)21-16)23-10-7-13(8-11-23)25-17-6-3-9-20-22-17/h1-6,9,12-13H,7-8,10-11H2. The van der Waals surface area contributed by atoms with Crippen LogP contribution in [0.3, 0.4) is 0 Å². The summed E-state index contributed by atoms with van der Waals surface area (Å²) in [5, 5.41) is 7.74. The molecule has 0 saturated carbocycles. The number of piperidine rings is 1. The van der Waals surface area contributed by atoms with Gasteiger partial charge in [0.15, 0.2) is 0 Å². The lowest BCUT2D eigenvalue weighted by Crippen LogP contribution is -2.42. The van der Waals surface area contributed by atoms with E-state index in [0.29, 0.717) is 24.7 Å². The smallest absolute Gasteiger partial charge is 0.274 e. The van der Waals surface area contributed by atoms with Gasteiger partial charge in [-0.15, -0.1) is 5.10 Å². The first-order chi connectivity index (χ1) is 12.3. The quantitative estimate of drug-likeness (QED) is 0.729. The molecule has 7 nitrogen and oxygen atoms in total. The minimum absolute atomic E-state index is 0.0448. The molecule has 1 aromatic carbocycles. The van der Waals surface area contributed by atoms with Crippen LogP contribution in [0, 0.1) is 0 Å². The van der Waals surface area contributed by atoms with E-state index in [1.54, 1.807) is 29.4 Å². The number of likely N-dealkylation sites (tertiary alicyclic amines) is 1. The van der Waals surface area contributed by atoms with Crippen molar-refractivity contribution in [1.82, 2.24) is 25.1 Å². The first kappa shape index (κ1) is 15.4. The number of para-hydroxylation sites is 2. The van der Waals surface area contributed by atoms with Crippen molar-refractivity contribution in [3.8, 4) is 5.88 Å². The fourth-order valence-electron chi connectivity index (χ4n) is 2.92. The molecule has 0 N–H and O–H groups in total. The Morgan fingerprint density at radius 3 is 2.64 bits per heavy atom. The third-order valence-electron chi connectivity index (χ3n) is 4.23. The molecule has 1 fully saturated rings. The molecule has 4 rings (SSSR count). The maximum absolute atomic E-state index is 12.7. The molecule has 25 heavy (non-hydrogen) atoms. The zero-order chi connectivity index (χ0) is 17.1. The van der Waals surface area contributed by atoms with Gasteiger partial charge in [0.25, 0.3) is 5.91 Å². The fourth-order valence-corrected chi connectivity index (χ4v) is 2.92. The number of hydrogen-bond acceptors (Lipinski definition) is 6. The van der Waals surface area contributed by atoms with Crippen LogP contribution in [0.1, 0.15) is 23.3 Å². The number of ether oxygens (including phenoxy) is 1. The molecular weight excluding hydrogens is 318 g/mol. The van der Waals surface area contributed by atoms with Crippen molar-refractivity contribution in [2.75, 3.05) is 13.1 Å². The average molecular weight is 335 g/mol. The lowest BCUT2D eigenvalue weighted by molar-refractivity contribution is 0.0580.